The van der Waals surface area contributed by atoms with Gasteiger partial charge >= 0.3 is 0 Å². The summed E-state index contributed by atoms with van der Waals surface area (Å²) in [4.78, 5) is 24.7. The van der Waals surface area contributed by atoms with Gasteiger partial charge in [-0.3, -0.25) is 15.0 Å². The Hall–Kier alpha value is -1.65. The van der Waals surface area contributed by atoms with Crippen LogP contribution in [0.2, 0.25) is 0 Å². The summed E-state index contributed by atoms with van der Waals surface area (Å²) in [5.74, 6) is -0.216. The molecule has 3 aromatic heterocycles. The Morgan fingerprint density at radius 3 is 2.88 bits per heavy atom. The van der Waals surface area contributed by atoms with E-state index in [2.05, 4.69) is 20.2 Å². The maximum absolute atomic E-state index is 12.4. The van der Waals surface area contributed by atoms with Gasteiger partial charge in [-0.2, -0.15) is 0 Å². The summed E-state index contributed by atoms with van der Waals surface area (Å²) < 4.78 is 5.35. The number of thiazole rings is 2. The standard InChI is InChI=1S/C16H16N4O2S3/c21-14(12-10-24-15(18-12)13-2-1-7-23-13)19-16-17-11(9-25-16)8-20-3-5-22-6-4-20/h1-2,7,9-10H,3-6,8H2,(H,17,19,21). The lowest BCUT2D eigenvalue weighted by Crippen LogP contribution is -2.35. The Morgan fingerprint density at radius 1 is 1.20 bits per heavy atom. The summed E-state index contributed by atoms with van der Waals surface area (Å²) in [6.07, 6.45) is 0. The number of hydrogen-bond donors (Lipinski definition) is 1. The van der Waals surface area contributed by atoms with Gasteiger partial charge in [-0.25, -0.2) is 9.97 Å². The van der Waals surface area contributed by atoms with E-state index in [-0.39, 0.29) is 5.91 Å². The molecule has 0 aromatic carbocycles. The highest BCUT2D eigenvalue weighted by Gasteiger charge is 2.16. The largest absolute Gasteiger partial charge is 0.379 e. The topological polar surface area (TPSA) is 67.4 Å². The number of nitrogens with one attached hydrogen (secondary N) is 1. The van der Waals surface area contributed by atoms with Crippen LogP contribution in [0.1, 0.15) is 16.2 Å². The third kappa shape index (κ3) is 4.13. The zero-order chi connectivity index (χ0) is 17.1. The number of anilines is 1. The fourth-order valence-corrected chi connectivity index (χ4v) is 4.79. The minimum atomic E-state index is -0.216. The van der Waals surface area contributed by atoms with Crippen LogP contribution in [0.4, 0.5) is 5.13 Å². The van der Waals surface area contributed by atoms with Crippen molar-refractivity contribution in [2.45, 2.75) is 6.54 Å². The second kappa shape index (κ2) is 7.71. The van der Waals surface area contributed by atoms with Crippen LogP contribution in [-0.4, -0.2) is 47.1 Å². The molecule has 0 unspecified atom stereocenters. The van der Waals surface area contributed by atoms with E-state index in [1.807, 2.05) is 22.9 Å². The van der Waals surface area contributed by atoms with E-state index in [0.29, 0.717) is 10.8 Å². The molecule has 130 valence electrons. The molecular weight excluding hydrogens is 376 g/mol. The molecule has 9 heteroatoms. The van der Waals surface area contributed by atoms with Gasteiger partial charge in [0, 0.05) is 30.4 Å². The van der Waals surface area contributed by atoms with E-state index >= 15 is 0 Å². The zero-order valence-electron chi connectivity index (χ0n) is 13.3. The highest BCUT2D eigenvalue weighted by molar-refractivity contribution is 7.20. The van der Waals surface area contributed by atoms with Gasteiger partial charge in [-0.1, -0.05) is 6.07 Å². The molecule has 1 N–H and O–H groups in total. The molecule has 0 bridgehead atoms. The van der Waals surface area contributed by atoms with Crippen LogP contribution in [0.15, 0.2) is 28.3 Å². The molecular formula is C16H16N4O2S3. The van der Waals surface area contributed by atoms with Crippen molar-refractivity contribution in [1.82, 2.24) is 14.9 Å². The molecule has 1 aliphatic heterocycles. The zero-order valence-corrected chi connectivity index (χ0v) is 15.8. The average Bonchev–Trinajstić information content (AvgIpc) is 3.37. The predicted molar refractivity (Wildman–Crippen MR) is 102 cm³/mol. The van der Waals surface area contributed by atoms with E-state index in [1.54, 1.807) is 16.7 Å². The molecule has 4 rings (SSSR count). The lowest BCUT2D eigenvalue weighted by atomic mass is 10.4. The molecule has 4 heterocycles. The van der Waals surface area contributed by atoms with Crippen molar-refractivity contribution in [2.24, 2.45) is 0 Å². The average molecular weight is 393 g/mol. The summed E-state index contributed by atoms with van der Waals surface area (Å²) in [5, 5.41) is 10.1. The molecule has 1 saturated heterocycles. The molecule has 1 fully saturated rings. The van der Waals surface area contributed by atoms with Crippen LogP contribution in [0.5, 0.6) is 0 Å². The lowest BCUT2D eigenvalue weighted by molar-refractivity contribution is 0.0337. The normalized spacial score (nSPS) is 15.4. The first kappa shape index (κ1) is 16.8. The molecule has 6 nitrogen and oxygen atoms in total. The third-order valence-corrected chi connectivity index (χ3v) is 6.42. The summed E-state index contributed by atoms with van der Waals surface area (Å²) in [6.45, 7) is 4.16. The van der Waals surface area contributed by atoms with E-state index in [4.69, 9.17) is 4.74 Å². The summed E-state index contributed by atoms with van der Waals surface area (Å²) in [7, 11) is 0. The third-order valence-electron chi connectivity index (χ3n) is 3.73. The highest BCUT2D eigenvalue weighted by atomic mass is 32.1. The quantitative estimate of drug-likeness (QED) is 0.721. The molecule has 0 aliphatic carbocycles. The number of ether oxygens (including phenoxy) is 1. The molecule has 0 spiro atoms. The number of carbonyl (C=O) groups is 1. The first-order chi connectivity index (χ1) is 12.3. The fraction of sp³-hybridized carbons (Fsp3) is 0.312. The molecule has 0 atom stereocenters. The number of aromatic nitrogens is 2. The number of rotatable bonds is 5. The number of amides is 1. The summed E-state index contributed by atoms with van der Waals surface area (Å²) in [6, 6.07) is 3.98. The van der Waals surface area contributed by atoms with E-state index in [0.717, 1.165) is 48.4 Å². The van der Waals surface area contributed by atoms with Crippen LogP contribution >= 0.6 is 34.0 Å². The van der Waals surface area contributed by atoms with Crippen molar-refractivity contribution in [2.75, 3.05) is 31.6 Å². The molecule has 1 aliphatic rings. The van der Waals surface area contributed by atoms with Crippen LogP contribution in [-0.2, 0) is 11.3 Å². The Balaban J connectivity index is 1.38. The predicted octanol–water partition coefficient (Wildman–Crippen LogP) is 3.41. The van der Waals surface area contributed by atoms with Gasteiger partial charge in [-0.05, 0) is 11.4 Å². The second-order valence-corrected chi connectivity index (χ2v) is 8.17. The van der Waals surface area contributed by atoms with Gasteiger partial charge in [0.25, 0.3) is 5.91 Å². The summed E-state index contributed by atoms with van der Waals surface area (Å²) >= 11 is 4.54. The van der Waals surface area contributed by atoms with Crippen molar-refractivity contribution >= 4 is 45.0 Å². The molecule has 3 aromatic rings. The minimum absolute atomic E-state index is 0.216. The first-order valence-corrected chi connectivity index (χ1v) is 10.5. The lowest BCUT2D eigenvalue weighted by Gasteiger charge is -2.25. The Kier molecular flexibility index (Phi) is 5.18. The van der Waals surface area contributed by atoms with Gasteiger partial charge in [0.05, 0.1) is 23.8 Å². The first-order valence-electron chi connectivity index (χ1n) is 7.83. The van der Waals surface area contributed by atoms with E-state index in [1.165, 1.54) is 22.7 Å². The van der Waals surface area contributed by atoms with Crippen LogP contribution < -0.4 is 5.32 Å². The van der Waals surface area contributed by atoms with Crippen LogP contribution in [0.3, 0.4) is 0 Å². The van der Waals surface area contributed by atoms with Crippen LogP contribution in [0.25, 0.3) is 9.88 Å². The Bertz CT molecular complexity index is 837. The number of morpholine rings is 1. The molecule has 1 amide bonds. The van der Waals surface area contributed by atoms with Crippen molar-refractivity contribution in [3.8, 4) is 9.88 Å². The van der Waals surface area contributed by atoms with Crippen molar-refractivity contribution in [3.63, 3.8) is 0 Å². The molecule has 0 radical (unpaired) electrons. The van der Waals surface area contributed by atoms with Crippen molar-refractivity contribution < 1.29 is 9.53 Å². The second-order valence-electron chi connectivity index (χ2n) is 5.50. The number of nitrogens with zero attached hydrogens (tertiary/aromatic N) is 3. The van der Waals surface area contributed by atoms with Crippen LogP contribution in [0, 0.1) is 0 Å². The number of thiophene rings is 1. The number of carbonyl (C=O) groups excluding carboxylic acids is 1. The van der Waals surface area contributed by atoms with Gasteiger partial charge in [-0.15, -0.1) is 34.0 Å². The Morgan fingerprint density at radius 2 is 2.08 bits per heavy atom. The van der Waals surface area contributed by atoms with Gasteiger partial charge in [0.2, 0.25) is 0 Å². The van der Waals surface area contributed by atoms with E-state index in [9.17, 15) is 4.79 Å². The molecule has 0 saturated carbocycles. The monoisotopic (exact) mass is 392 g/mol. The summed E-state index contributed by atoms with van der Waals surface area (Å²) in [5.41, 5.74) is 1.40. The Labute approximate surface area is 157 Å². The van der Waals surface area contributed by atoms with Gasteiger partial charge in [0.15, 0.2) is 5.13 Å². The fourth-order valence-electron chi connectivity index (χ4n) is 2.48. The number of hydrogen-bond acceptors (Lipinski definition) is 8. The van der Waals surface area contributed by atoms with Crippen molar-refractivity contribution in [1.29, 1.82) is 0 Å². The highest BCUT2D eigenvalue weighted by Crippen LogP contribution is 2.28. The molecule has 25 heavy (non-hydrogen) atoms. The van der Waals surface area contributed by atoms with Gasteiger partial charge < -0.3 is 4.74 Å². The minimum Gasteiger partial charge on any atom is -0.379 e. The van der Waals surface area contributed by atoms with Crippen molar-refractivity contribution in [3.05, 3.63) is 39.7 Å². The smallest absolute Gasteiger partial charge is 0.276 e. The SMILES string of the molecule is O=C(Nc1nc(CN2CCOCC2)cs1)c1csc(-c2cccs2)n1. The maximum atomic E-state index is 12.4. The maximum Gasteiger partial charge on any atom is 0.276 e. The van der Waals surface area contributed by atoms with E-state index < -0.39 is 0 Å². The van der Waals surface area contributed by atoms with Gasteiger partial charge in [0.1, 0.15) is 10.7 Å².